The summed E-state index contributed by atoms with van der Waals surface area (Å²) in [6.45, 7) is 11.6. The molecule has 0 aliphatic heterocycles. The van der Waals surface area contributed by atoms with Gasteiger partial charge in [0, 0.05) is 18.0 Å². The fourth-order valence-corrected chi connectivity index (χ4v) is 1.46. The third kappa shape index (κ3) is 3.79. The average Bonchev–Trinajstić information content (AvgIpc) is 2.16. The van der Waals surface area contributed by atoms with Crippen molar-refractivity contribution in [2.45, 2.75) is 47.1 Å². The zero-order chi connectivity index (χ0) is 11.4. The molecule has 0 aliphatic rings. The zero-order valence-electron chi connectivity index (χ0n) is 10.5. The van der Waals surface area contributed by atoms with Gasteiger partial charge in [-0.05, 0) is 26.3 Å². The molecule has 2 atom stereocenters. The number of aldehydes is 1. The van der Waals surface area contributed by atoms with Crippen LogP contribution in [0.2, 0.25) is 0 Å². The maximum Gasteiger partial charge on any atom is 0.127 e. The summed E-state index contributed by atoms with van der Waals surface area (Å²) in [6.07, 6.45) is 2.00. The standard InChI is InChI=1S/C12H25NO/c1-7-12(5,9-14)8-13(6)11(4)10(2)3/h9-11H,7-8H2,1-6H3. The third-order valence-corrected chi connectivity index (χ3v) is 3.36. The van der Waals surface area contributed by atoms with Gasteiger partial charge in [-0.2, -0.15) is 0 Å². The predicted octanol–water partition coefficient (Wildman–Crippen LogP) is 2.58. The monoisotopic (exact) mass is 199 g/mol. The molecule has 0 fully saturated rings. The molecule has 14 heavy (non-hydrogen) atoms. The molecule has 0 heterocycles. The van der Waals surface area contributed by atoms with Crippen LogP contribution in [0.1, 0.15) is 41.0 Å². The first kappa shape index (κ1) is 13.6. The van der Waals surface area contributed by atoms with Crippen molar-refractivity contribution in [3.8, 4) is 0 Å². The van der Waals surface area contributed by atoms with Crippen LogP contribution >= 0.6 is 0 Å². The van der Waals surface area contributed by atoms with Gasteiger partial charge in [0.25, 0.3) is 0 Å². The number of hydrogen-bond acceptors (Lipinski definition) is 2. The molecular weight excluding hydrogens is 174 g/mol. The Hall–Kier alpha value is -0.370. The Bertz CT molecular complexity index is 179. The van der Waals surface area contributed by atoms with Crippen LogP contribution in [0.3, 0.4) is 0 Å². The highest BCUT2D eigenvalue weighted by atomic mass is 16.1. The van der Waals surface area contributed by atoms with Gasteiger partial charge in [0.05, 0.1) is 0 Å². The van der Waals surface area contributed by atoms with E-state index in [9.17, 15) is 4.79 Å². The summed E-state index contributed by atoms with van der Waals surface area (Å²) in [4.78, 5) is 13.2. The Balaban J connectivity index is 4.29. The lowest BCUT2D eigenvalue weighted by atomic mass is 9.88. The van der Waals surface area contributed by atoms with E-state index in [4.69, 9.17) is 0 Å². The number of rotatable bonds is 6. The van der Waals surface area contributed by atoms with E-state index in [-0.39, 0.29) is 5.41 Å². The predicted molar refractivity (Wildman–Crippen MR) is 61.4 cm³/mol. The summed E-state index contributed by atoms with van der Waals surface area (Å²) in [7, 11) is 2.10. The molecule has 0 N–H and O–H groups in total. The number of nitrogens with zero attached hydrogens (tertiary/aromatic N) is 1. The second-order valence-corrected chi connectivity index (χ2v) is 5.03. The van der Waals surface area contributed by atoms with E-state index in [1.54, 1.807) is 0 Å². The molecule has 0 aliphatic carbocycles. The minimum absolute atomic E-state index is 0.183. The van der Waals surface area contributed by atoms with Crippen LogP contribution in [-0.4, -0.2) is 30.8 Å². The molecule has 2 heteroatoms. The third-order valence-electron chi connectivity index (χ3n) is 3.36. The van der Waals surface area contributed by atoms with Gasteiger partial charge in [-0.3, -0.25) is 0 Å². The molecule has 0 amide bonds. The molecule has 2 nitrogen and oxygen atoms in total. The second-order valence-electron chi connectivity index (χ2n) is 5.03. The van der Waals surface area contributed by atoms with E-state index < -0.39 is 0 Å². The minimum atomic E-state index is -0.183. The normalized spacial score (nSPS) is 18.3. The van der Waals surface area contributed by atoms with Crippen molar-refractivity contribution in [3.63, 3.8) is 0 Å². The van der Waals surface area contributed by atoms with Crippen LogP contribution in [0.5, 0.6) is 0 Å². The molecule has 0 rings (SSSR count). The van der Waals surface area contributed by atoms with Crippen molar-refractivity contribution in [2.75, 3.05) is 13.6 Å². The van der Waals surface area contributed by atoms with Crippen LogP contribution in [-0.2, 0) is 4.79 Å². The largest absolute Gasteiger partial charge is 0.303 e. The molecule has 0 saturated carbocycles. The van der Waals surface area contributed by atoms with Gasteiger partial charge < -0.3 is 9.69 Å². The molecule has 0 radical (unpaired) electrons. The molecule has 84 valence electrons. The first-order chi connectivity index (χ1) is 6.36. The summed E-state index contributed by atoms with van der Waals surface area (Å²) < 4.78 is 0. The first-order valence-electron chi connectivity index (χ1n) is 5.53. The average molecular weight is 199 g/mol. The van der Waals surface area contributed by atoms with Crippen molar-refractivity contribution in [2.24, 2.45) is 11.3 Å². The van der Waals surface area contributed by atoms with Crippen LogP contribution in [0.4, 0.5) is 0 Å². The molecule has 0 spiro atoms. The van der Waals surface area contributed by atoms with Gasteiger partial charge in [-0.25, -0.2) is 0 Å². The minimum Gasteiger partial charge on any atom is -0.303 e. The van der Waals surface area contributed by atoms with Crippen molar-refractivity contribution >= 4 is 6.29 Å². The molecular formula is C12H25NO. The van der Waals surface area contributed by atoms with Crippen molar-refractivity contribution in [1.82, 2.24) is 4.90 Å². The Morgan fingerprint density at radius 3 is 2.14 bits per heavy atom. The van der Waals surface area contributed by atoms with Gasteiger partial charge in [0.1, 0.15) is 6.29 Å². The van der Waals surface area contributed by atoms with E-state index in [0.717, 1.165) is 19.3 Å². The Morgan fingerprint density at radius 1 is 1.36 bits per heavy atom. The molecule has 0 aromatic rings. The quantitative estimate of drug-likeness (QED) is 0.613. The van der Waals surface area contributed by atoms with Crippen LogP contribution in [0.25, 0.3) is 0 Å². The van der Waals surface area contributed by atoms with Gasteiger partial charge in [-0.15, -0.1) is 0 Å². The second kappa shape index (κ2) is 5.50. The summed E-state index contributed by atoms with van der Waals surface area (Å²) >= 11 is 0. The Labute approximate surface area is 88.7 Å². The van der Waals surface area contributed by atoms with Crippen molar-refractivity contribution in [1.29, 1.82) is 0 Å². The lowest BCUT2D eigenvalue weighted by molar-refractivity contribution is -0.116. The summed E-state index contributed by atoms with van der Waals surface area (Å²) in [5.41, 5.74) is -0.183. The Kier molecular flexibility index (Phi) is 5.35. The van der Waals surface area contributed by atoms with Crippen LogP contribution in [0.15, 0.2) is 0 Å². The molecule has 0 bridgehead atoms. The zero-order valence-corrected chi connectivity index (χ0v) is 10.5. The van der Waals surface area contributed by atoms with E-state index in [1.807, 2.05) is 6.92 Å². The van der Waals surface area contributed by atoms with Gasteiger partial charge in [0.15, 0.2) is 0 Å². The van der Waals surface area contributed by atoms with Crippen molar-refractivity contribution < 1.29 is 4.79 Å². The van der Waals surface area contributed by atoms with Gasteiger partial charge in [0.2, 0.25) is 0 Å². The highest BCUT2D eigenvalue weighted by Gasteiger charge is 2.25. The number of hydrogen-bond donors (Lipinski definition) is 0. The van der Waals surface area contributed by atoms with Crippen LogP contribution < -0.4 is 0 Å². The number of carbonyl (C=O) groups is 1. The van der Waals surface area contributed by atoms with E-state index in [0.29, 0.717) is 12.0 Å². The summed E-state index contributed by atoms with van der Waals surface area (Å²) in [6, 6.07) is 0.529. The van der Waals surface area contributed by atoms with Crippen LogP contribution in [0, 0.1) is 11.3 Å². The molecule has 2 unspecified atom stereocenters. The highest BCUT2D eigenvalue weighted by Crippen LogP contribution is 2.21. The highest BCUT2D eigenvalue weighted by molar-refractivity contribution is 5.58. The summed E-state index contributed by atoms with van der Waals surface area (Å²) in [5.74, 6) is 0.632. The number of carbonyl (C=O) groups excluding carboxylic acids is 1. The maximum atomic E-state index is 11.0. The van der Waals surface area contributed by atoms with Gasteiger partial charge >= 0.3 is 0 Å². The van der Waals surface area contributed by atoms with Gasteiger partial charge in [-0.1, -0.05) is 27.7 Å². The SMILES string of the molecule is CCC(C)(C=O)CN(C)C(C)C(C)C. The first-order valence-corrected chi connectivity index (χ1v) is 5.53. The molecule has 0 saturated heterocycles. The van der Waals surface area contributed by atoms with Crippen molar-refractivity contribution in [3.05, 3.63) is 0 Å². The Morgan fingerprint density at radius 2 is 1.86 bits per heavy atom. The molecule has 0 aromatic heterocycles. The fourth-order valence-electron chi connectivity index (χ4n) is 1.46. The molecule has 0 aromatic carbocycles. The topological polar surface area (TPSA) is 20.3 Å². The smallest absolute Gasteiger partial charge is 0.127 e. The summed E-state index contributed by atoms with van der Waals surface area (Å²) in [5, 5.41) is 0. The fraction of sp³-hybridized carbons (Fsp3) is 0.917. The lowest BCUT2D eigenvalue weighted by Crippen LogP contribution is -2.41. The van der Waals surface area contributed by atoms with E-state index in [2.05, 4.69) is 39.6 Å². The lowest BCUT2D eigenvalue weighted by Gasteiger charge is -2.34. The van der Waals surface area contributed by atoms with E-state index in [1.165, 1.54) is 0 Å². The maximum absolute atomic E-state index is 11.0. The van der Waals surface area contributed by atoms with E-state index >= 15 is 0 Å².